The molecule has 100 valence electrons. The molecule has 0 aliphatic carbocycles. The molecular weight excluding hydrogens is 226 g/mol. The summed E-state index contributed by atoms with van der Waals surface area (Å²) in [6, 6.07) is 8.63. The summed E-state index contributed by atoms with van der Waals surface area (Å²) in [5, 5.41) is 3.61. The van der Waals surface area contributed by atoms with E-state index in [4.69, 9.17) is 9.47 Å². The molecule has 0 bridgehead atoms. The second-order valence-electron chi connectivity index (χ2n) is 4.96. The Labute approximate surface area is 109 Å². The van der Waals surface area contributed by atoms with Crippen molar-refractivity contribution in [2.75, 3.05) is 26.9 Å². The number of rotatable bonds is 5. The van der Waals surface area contributed by atoms with Crippen LogP contribution >= 0.6 is 0 Å². The van der Waals surface area contributed by atoms with Crippen LogP contribution in [0.15, 0.2) is 24.3 Å². The molecule has 1 aliphatic rings. The highest BCUT2D eigenvalue weighted by Gasteiger charge is 2.15. The van der Waals surface area contributed by atoms with Gasteiger partial charge in [0.1, 0.15) is 5.75 Å². The topological polar surface area (TPSA) is 30.5 Å². The van der Waals surface area contributed by atoms with Crippen LogP contribution in [0.5, 0.6) is 5.75 Å². The van der Waals surface area contributed by atoms with Gasteiger partial charge in [-0.1, -0.05) is 12.1 Å². The van der Waals surface area contributed by atoms with Crippen molar-refractivity contribution in [3.05, 3.63) is 29.8 Å². The lowest BCUT2D eigenvalue weighted by Crippen LogP contribution is -2.29. The first-order valence-corrected chi connectivity index (χ1v) is 6.74. The first kappa shape index (κ1) is 13.4. The van der Waals surface area contributed by atoms with Crippen molar-refractivity contribution in [3.63, 3.8) is 0 Å². The average Bonchev–Trinajstić information content (AvgIpc) is 2.46. The second-order valence-corrected chi connectivity index (χ2v) is 4.96. The summed E-state index contributed by atoms with van der Waals surface area (Å²) in [6.45, 7) is 5.11. The fraction of sp³-hybridized carbons (Fsp3) is 0.600. The molecule has 1 fully saturated rings. The molecule has 3 nitrogen and oxygen atoms in total. The molecule has 1 aromatic rings. The van der Waals surface area contributed by atoms with Gasteiger partial charge in [-0.15, -0.1) is 0 Å². The van der Waals surface area contributed by atoms with Crippen molar-refractivity contribution in [2.24, 2.45) is 5.92 Å². The summed E-state index contributed by atoms with van der Waals surface area (Å²) in [5.74, 6) is 1.68. The number of hydrogen-bond acceptors (Lipinski definition) is 3. The Morgan fingerprint density at radius 3 is 2.89 bits per heavy atom. The molecule has 0 unspecified atom stereocenters. The van der Waals surface area contributed by atoms with Crippen molar-refractivity contribution < 1.29 is 9.47 Å². The van der Waals surface area contributed by atoms with Gasteiger partial charge in [0.2, 0.25) is 0 Å². The summed E-state index contributed by atoms with van der Waals surface area (Å²) in [7, 11) is 1.71. The summed E-state index contributed by atoms with van der Waals surface area (Å²) in [5.41, 5.74) is 1.28. The Balaban J connectivity index is 1.84. The van der Waals surface area contributed by atoms with Crippen LogP contribution in [-0.2, 0) is 4.74 Å². The Morgan fingerprint density at radius 1 is 1.39 bits per heavy atom. The molecule has 0 amide bonds. The Morgan fingerprint density at radius 2 is 2.17 bits per heavy atom. The van der Waals surface area contributed by atoms with E-state index in [1.54, 1.807) is 7.11 Å². The van der Waals surface area contributed by atoms with Crippen molar-refractivity contribution in [2.45, 2.75) is 25.8 Å². The maximum atomic E-state index is 5.38. The number of hydrogen-bond donors (Lipinski definition) is 1. The van der Waals surface area contributed by atoms with Gasteiger partial charge in [-0.25, -0.2) is 0 Å². The van der Waals surface area contributed by atoms with Gasteiger partial charge in [-0.3, -0.25) is 0 Å². The van der Waals surface area contributed by atoms with E-state index in [2.05, 4.69) is 24.4 Å². The van der Waals surface area contributed by atoms with E-state index in [-0.39, 0.29) is 0 Å². The van der Waals surface area contributed by atoms with Gasteiger partial charge >= 0.3 is 0 Å². The molecule has 1 atom stereocenters. The summed E-state index contributed by atoms with van der Waals surface area (Å²) >= 11 is 0. The van der Waals surface area contributed by atoms with Crippen molar-refractivity contribution in [1.82, 2.24) is 5.32 Å². The Hall–Kier alpha value is -1.06. The summed E-state index contributed by atoms with van der Waals surface area (Å²) < 4.78 is 10.6. The number of benzene rings is 1. The third-order valence-corrected chi connectivity index (χ3v) is 3.65. The second kappa shape index (κ2) is 6.76. The Bertz CT molecular complexity index is 361. The first-order valence-electron chi connectivity index (χ1n) is 6.74. The molecule has 1 aromatic carbocycles. The molecule has 18 heavy (non-hydrogen) atoms. The van der Waals surface area contributed by atoms with Crippen LogP contribution in [0.2, 0.25) is 0 Å². The highest BCUT2D eigenvalue weighted by molar-refractivity contribution is 5.30. The predicted octanol–water partition coefficient (Wildman–Crippen LogP) is 2.77. The molecule has 0 spiro atoms. The molecule has 2 rings (SSSR count). The lowest BCUT2D eigenvalue weighted by molar-refractivity contribution is 0.0656. The van der Waals surface area contributed by atoms with E-state index in [0.717, 1.165) is 31.4 Å². The minimum Gasteiger partial charge on any atom is -0.497 e. The zero-order valence-corrected chi connectivity index (χ0v) is 11.3. The van der Waals surface area contributed by atoms with Gasteiger partial charge in [-0.05, 0) is 49.9 Å². The van der Waals surface area contributed by atoms with Crippen LogP contribution in [0, 0.1) is 5.92 Å². The fourth-order valence-electron chi connectivity index (χ4n) is 2.32. The third-order valence-electron chi connectivity index (χ3n) is 3.65. The van der Waals surface area contributed by atoms with Crippen LogP contribution in [0.4, 0.5) is 0 Å². The molecule has 0 aromatic heterocycles. The van der Waals surface area contributed by atoms with Crippen molar-refractivity contribution in [3.8, 4) is 5.75 Å². The van der Waals surface area contributed by atoms with E-state index >= 15 is 0 Å². The highest BCUT2D eigenvalue weighted by Crippen LogP contribution is 2.20. The van der Waals surface area contributed by atoms with Crippen LogP contribution in [-0.4, -0.2) is 26.9 Å². The maximum absolute atomic E-state index is 5.38. The minimum atomic E-state index is 0.364. The van der Waals surface area contributed by atoms with E-state index in [1.807, 2.05) is 12.1 Å². The summed E-state index contributed by atoms with van der Waals surface area (Å²) in [4.78, 5) is 0. The Kier molecular flexibility index (Phi) is 5.02. The number of nitrogens with one attached hydrogen (secondary N) is 1. The standard InChI is InChI=1S/C15H23NO2/c1-12(14-4-3-5-15(10-14)17-2)16-11-13-6-8-18-9-7-13/h3-5,10,12-13,16H,6-9,11H2,1-2H3/t12-/m1/s1. The van der Waals surface area contributed by atoms with E-state index in [0.29, 0.717) is 6.04 Å². The van der Waals surface area contributed by atoms with Gasteiger partial charge in [0.05, 0.1) is 7.11 Å². The zero-order chi connectivity index (χ0) is 12.8. The van der Waals surface area contributed by atoms with Crippen molar-refractivity contribution >= 4 is 0 Å². The first-order chi connectivity index (χ1) is 8.79. The molecule has 1 heterocycles. The maximum Gasteiger partial charge on any atom is 0.119 e. The van der Waals surface area contributed by atoms with E-state index in [9.17, 15) is 0 Å². The van der Waals surface area contributed by atoms with E-state index in [1.165, 1.54) is 18.4 Å². The largest absolute Gasteiger partial charge is 0.497 e. The van der Waals surface area contributed by atoms with Crippen molar-refractivity contribution in [1.29, 1.82) is 0 Å². The highest BCUT2D eigenvalue weighted by atomic mass is 16.5. The monoisotopic (exact) mass is 249 g/mol. The normalized spacial score (nSPS) is 18.6. The number of methoxy groups -OCH3 is 1. The molecule has 1 saturated heterocycles. The SMILES string of the molecule is COc1cccc([C@@H](C)NCC2CCOCC2)c1. The smallest absolute Gasteiger partial charge is 0.119 e. The molecule has 1 N–H and O–H groups in total. The van der Waals surface area contributed by atoms with Crippen LogP contribution in [0.25, 0.3) is 0 Å². The van der Waals surface area contributed by atoms with Gasteiger partial charge < -0.3 is 14.8 Å². The quantitative estimate of drug-likeness (QED) is 0.870. The zero-order valence-electron chi connectivity index (χ0n) is 11.3. The van der Waals surface area contributed by atoms with Gasteiger partial charge in [0.25, 0.3) is 0 Å². The van der Waals surface area contributed by atoms with Crippen LogP contribution in [0.1, 0.15) is 31.4 Å². The molecule has 0 saturated carbocycles. The summed E-state index contributed by atoms with van der Waals surface area (Å²) in [6.07, 6.45) is 2.36. The van der Waals surface area contributed by atoms with Crippen LogP contribution in [0.3, 0.4) is 0 Å². The molecule has 1 aliphatic heterocycles. The number of ether oxygens (including phenoxy) is 2. The van der Waals surface area contributed by atoms with E-state index < -0.39 is 0 Å². The van der Waals surface area contributed by atoms with Crippen LogP contribution < -0.4 is 10.1 Å². The lowest BCUT2D eigenvalue weighted by atomic mass is 9.99. The van der Waals surface area contributed by atoms with Gasteiger partial charge in [0.15, 0.2) is 0 Å². The van der Waals surface area contributed by atoms with Gasteiger partial charge in [-0.2, -0.15) is 0 Å². The minimum absolute atomic E-state index is 0.364. The average molecular weight is 249 g/mol. The molecular formula is C15H23NO2. The fourth-order valence-corrected chi connectivity index (χ4v) is 2.32. The third kappa shape index (κ3) is 3.72. The van der Waals surface area contributed by atoms with Gasteiger partial charge in [0, 0.05) is 19.3 Å². The molecule has 0 radical (unpaired) electrons. The molecule has 3 heteroatoms. The predicted molar refractivity (Wildman–Crippen MR) is 73.0 cm³/mol. The lowest BCUT2D eigenvalue weighted by Gasteiger charge is -2.24.